The van der Waals surface area contributed by atoms with Crippen LogP contribution in [-0.2, 0) is 11.8 Å². The molecule has 0 fully saturated rings. The van der Waals surface area contributed by atoms with Gasteiger partial charge in [0, 0.05) is 5.56 Å². The molecule has 2 heteroatoms. The quantitative estimate of drug-likeness (QED) is 0.686. The fourth-order valence-electron chi connectivity index (χ4n) is 2.11. The van der Waals surface area contributed by atoms with Crippen LogP contribution < -0.4 is 0 Å². The molecule has 0 radical (unpaired) electrons. The van der Waals surface area contributed by atoms with Gasteiger partial charge in [0.25, 0.3) is 0 Å². The molecule has 0 aliphatic carbocycles. The van der Waals surface area contributed by atoms with Gasteiger partial charge >= 0.3 is 0 Å². The van der Waals surface area contributed by atoms with Crippen molar-refractivity contribution in [2.75, 3.05) is 0 Å². The first kappa shape index (κ1) is 10.3. The Balaban J connectivity index is 2.60. The summed E-state index contributed by atoms with van der Waals surface area (Å²) < 4.78 is 10.1. The molecule has 0 aliphatic rings. The summed E-state index contributed by atoms with van der Waals surface area (Å²) in [4.78, 5) is 0. The summed E-state index contributed by atoms with van der Waals surface area (Å²) in [6.07, 6.45) is 2.26. The Bertz CT molecular complexity index is 454. The molecule has 0 saturated carbocycles. The Morgan fingerprint density at radius 2 is 1.87 bits per heavy atom. The van der Waals surface area contributed by atoms with E-state index in [9.17, 15) is 0 Å². The van der Waals surface area contributed by atoms with E-state index in [1.165, 1.54) is 11.1 Å². The van der Waals surface area contributed by atoms with Gasteiger partial charge in [0.05, 0.1) is 0 Å². The van der Waals surface area contributed by atoms with Crippen molar-refractivity contribution in [1.29, 1.82) is 0 Å². The van der Waals surface area contributed by atoms with Gasteiger partial charge < -0.3 is 0 Å². The normalized spacial score (nSPS) is 12.5. The minimum atomic E-state index is 0.111. The number of aryl methyl sites for hydroxylation is 1. The highest BCUT2D eigenvalue weighted by Gasteiger charge is 2.25. The van der Waals surface area contributed by atoms with Crippen molar-refractivity contribution in [2.45, 2.75) is 46.0 Å². The van der Waals surface area contributed by atoms with Crippen LogP contribution in [0.3, 0.4) is 0 Å². The Kier molecular flexibility index (Phi) is 2.37. The zero-order valence-electron chi connectivity index (χ0n) is 9.89. The summed E-state index contributed by atoms with van der Waals surface area (Å²) in [6, 6.07) is 4.16. The van der Waals surface area contributed by atoms with E-state index < -0.39 is 0 Å². The summed E-state index contributed by atoms with van der Waals surface area (Å²) in [5.41, 5.74) is 4.60. The standard InChI is InChI=1S/C13H18O2/c1-5-6-9-7-8-10-12(15-14-10)11(9)13(2,3)4/h7-8H,5-6H2,1-4H3. The van der Waals surface area contributed by atoms with E-state index in [0.29, 0.717) is 0 Å². The second kappa shape index (κ2) is 3.44. The topological polar surface area (TPSA) is 26.3 Å². The molecule has 0 amide bonds. The van der Waals surface area contributed by atoms with E-state index in [-0.39, 0.29) is 5.41 Å². The van der Waals surface area contributed by atoms with Crippen LogP contribution in [0.25, 0.3) is 11.2 Å². The summed E-state index contributed by atoms with van der Waals surface area (Å²) >= 11 is 0. The van der Waals surface area contributed by atoms with E-state index in [4.69, 9.17) is 9.15 Å². The van der Waals surface area contributed by atoms with Crippen LogP contribution in [0.1, 0.15) is 45.2 Å². The molecule has 2 aromatic rings. The minimum absolute atomic E-state index is 0.111. The molecule has 15 heavy (non-hydrogen) atoms. The third-order valence-electron chi connectivity index (χ3n) is 2.69. The monoisotopic (exact) mass is 206 g/mol. The van der Waals surface area contributed by atoms with Crippen molar-refractivity contribution in [3.63, 3.8) is 0 Å². The number of rotatable bonds is 2. The second-order valence-corrected chi connectivity index (χ2v) is 5.09. The summed E-state index contributed by atoms with van der Waals surface area (Å²) in [5.74, 6) is 0. The zero-order valence-corrected chi connectivity index (χ0v) is 9.89. The van der Waals surface area contributed by atoms with Gasteiger partial charge in [0.1, 0.15) is 0 Å². The number of hydrogen-bond acceptors (Lipinski definition) is 2. The molecule has 0 atom stereocenters. The van der Waals surface area contributed by atoms with E-state index in [2.05, 4.69) is 33.8 Å². The van der Waals surface area contributed by atoms with Crippen LogP contribution in [0.15, 0.2) is 21.3 Å². The van der Waals surface area contributed by atoms with Crippen LogP contribution in [0.5, 0.6) is 0 Å². The Hall–Kier alpha value is -1.18. The predicted octanol–water partition coefficient (Wildman–Crippen LogP) is 4.28. The first-order chi connectivity index (χ1) is 7.04. The molecule has 2 rings (SSSR count). The maximum Gasteiger partial charge on any atom is 0.229 e. The maximum atomic E-state index is 5.12. The molecule has 1 aromatic carbocycles. The Morgan fingerprint density at radius 3 is 2.33 bits per heavy atom. The smallest absolute Gasteiger partial charge is 0.229 e. The minimum Gasteiger partial charge on any atom is -0.286 e. The fraction of sp³-hybridized carbons (Fsp3) is 0.538. The zero-order chi connectivity index (χ0) is 11.1. The van der Waals surface area contributed by atoms with E-state index in [1.807, 2.05) is 6.07 Å². The molecule has 1 heterocycles. The number of benzene rings is 1. The molecule has 0 N–H and O–H groups in total. The number of hydrogen-bond donors (Lipinski definition) is 0. The van der Waals surface area contributed by atoms with Gasteiger partial charge in [-0.3, -0.25) is 9.15 Å². The summed E-state index contributed by atoms with van der Waals surface area (Å²) in [6.45, 7) is 8.83. The molecule has 0 aliphatic heterocycles. The largest absolute Gasteiger partial charge is 0.286 e. The lowest BCUT2D eigenvalue weighted by Crippen LogP contribution is -2.15. The third kappa shape index (κ3) is 1.69. The molecule has 1 aromatic heterocycles. The van der Waals surface area contributed by atoms with Crippen LogP contribution >= 0.6 is 0 Å². The van der Waals surface area contributed by atoms with Gasteiger partial charge in [-0.2, -0.15) is 0 Å². The van der Waals surface area contributed by atoms with Crippen LogP contribution in [0.2, 0.25) is 0 Å². The summed E-state index contributed by atoms with van der Waals surface area (Å²) in [5, 5.41) is 0. The van der Waals surface area contributed by atoms with Crippen molar-refractivity contribution >= 4 is 11.2 Å². The average molecular weight is 206 g/mol. The van der Waals surface area contributed by atoms with Crippen molar-refractivity contribution in [3.8, 4) is 0 Å². The highest BCUT2D eigenvalue weighted by molar-refractivity contribution is 5.77. The van der Waals surface area contributed by atoms with Crippen molar-refractivity contribution < 1.29 is 9.15 Å². The van der Waals surface area contributed by atoms with E-state index in [0.717, 1.165) is 24.0 Å². The molecule has 0 saturated heterocycles. The second-order valence-electron chi connectivity index (χ2n) is 5.09. The Labute approximate surface area is 90.2 Å². The highest BCUT2D eigenvalue weighted by Crippen LogP contribution is 2.35. The lowest BCUT2D eigenvalue weighted by Gasteiger charge is -2.23. The van der Waals surface area contributed by atoms with Gasteiger partial charge in [-0.25, -0.2) is 0 Å². The van der Waals surface area contributed by atoms with Crippen molar-refractivity contribution in [1.82, 2.24) is 0 Å². The van der Waals surface area contributed by atoms with Crippen molar-refractivity contribution in [2.24, 2.45) is 0 Å². The van der Waals surface area contributed by atoms with E-state index in [1.54, 1.807) is 0 Å². The fourth-order valence-corrected chi connectivity index (χ4v) is 2.11. The molecular weight excluding hydrogens is 188 g/mol. The van der Waals surface area contributed by atoms with Gasteiger partial charge in [-0.15, -0.1) is 0 Å². The molecule has 0 bridgehead atoms. The molecule has 0 unspecified atom stereocenters. The van der Waals surface area contributed by atoms with Gasteiger partial charge in [-0.1, -0.05) is 40.2 Å². The third-order valence-corrected chi connectivity index (χ3v) is 2.69. The van der Waals surface area contributed by atoms with Crippen LogP contribution in [-0.4, -0.2) is 0 Å². The van der Waals surface area contributed by atoms with Crippen molar-refractivity contribution in [3.05, 3.63) is 23.3 Å². The van der Waals surface area contributed by atoms with Gasteiger partial charge in [-0.05, 0) is 23.5 Å². The predicted molar refractivity (Wildman–Crippen MR) is 61.2 cm³/mol. The molecule has 0 spiro atoms. The lowest BCUT2D eigenvalue weighted by atomic mass is 9.82. The lowest BCUT2D eigenvalue weighted by molar-refractivity contribution is 0.0571. The number of fused-ring (bicyclic) bond motifs is 1. The van der Waals surface area contributed by atoms with Gasteiger partial charge in [0.2, 0.25) is 11.2 Å². The average Bonchev–Trinajstić information content (AvgIpc) is 2.07. The first-order valence-corrected chi connectivity index (χ1v) is 5.55. The van der Waals surface area contributed by atoms with Crippen LogP contribution in [0, 0.1) is 0 Å². The molecular formula is C13H18O2. The SMILES string of the molecule is CCCc1ccc2ooc2c1C(C)(C)C. The van der Waals surface area contributed by atoms with Crippen LogP contribution in [0.4, 0.5) is 0 Å². The molecule has 82 valence electrons. The Morgan fingerprint density at radius 1 is 1.13 bits per heavy atom. The van der Waals surface area contributed by atoms with E-state index >= 15 is 0 Å². The molecule has 2 nitrogen and oxygen atoms in total. The summed E-state index contributed by atoms with van der Waals surface area (Å²) in [7, 11) is 0. The van der Waals surface area contributed by atoms with Gasteiger partial charge in [0.15, 0.2) is 0 Å². The highest BCUT2D eigenvalue weighted by atomic mass is 17.0. The first-order valence-electron chi connectivity index (χ1n) is 5.55. The maximum absolute atomic E-state index is 5.12.